The van der Waals surface area contributed by atoms with Crippen LogP contribution in [0.25, 0.3) is 0 Å². The van der Waals surface area contributed by atoms with Crippen molar-refractivity contribution in [3.8, 4) is 0 Å². The van der Waals surface area contributed by atoms with Gasteiger partial charge >= 0.3 is 0 Å². The molecule has 0 rings (SSSR count). The Hall–Kier alpha value is -0.880. The Bertz CT molecular complexity index is 160. The first kappa shape index (κ1) is 13.1. The number of halogens is 6. The summed E-state index contributed by atoms with van der Waals surface area (Å²) in [6.07, 6.45) is -15.5. The van der Waals surface area contributed by atoms with Crippen molar-refractivity contribution in [2.75, 3.05) is 0 Å². The first-order valence-electron chi connectivity index (χ1n) is 3.52. The molecule has 0 bridgehead atoms. The maximum absolute atomic E-state index is 12.5. The van der Waals surface area contributed by atoms with Crippen LogP contribution in [-0.4, -0.2) is 31.3 Å². The Kier molecular flexibility index (Phi) is 5.40. The maximum Gasteiger partial charge on any atom is 0.273 e. The van der Waals surface area contributed by atoms with Crippen molar-refractivity contribution in [2.45, 2.75) is 31.3 Å². The van der Waals surface area contributed by atoms with E-state index in [1.54, 1.807) is 0 Å². The van der Waals surface area contributed by atoms with E-state index in [9.17, 15) is 26.3 Å². The number of rotatable bonds is 6. The van der Waals surface area contributed by atoms with E-state index in [2.05, 4.69) is 11.3 Å². The molecule has 84 valence electrons. The van der Waals surface area contributed by atoms with E-state index in [4.69, 9.17) is 0 Å². The highest BCUT2D eigenvalue weighted by Gasteiger charge is 2.41. The molecule has 0 N–H and O–H groups in total. The van der Waals surface area contributed by atoms with Gasteiger partial charge in [0.05, 0.1) is 6.26 Å². The van der Waals surface area contributed by atoms with Crippen LogP contribution in [0.2, 0.25) is 0 Å². The van der Waals surface area contributed by atoms with Gasteiger partial charge in [-0.2, -0.15) is 0 Å². The van der Waals surface area contributed by atoms with Crippen LogP contribution in [0.1, 0.15) is 0 Å². The largest absolute Gasteiger partial charge is 0.492 e. The molecule has 0 aliphatic carbocycles. The summed E-state index contributed by atoms with van der Waals surface area (Å²) >= 11 is 0. The number of ether oxygens (including phenoxy) is 1. The van der Waals surface area contributed by atoms with E-state index in [0.29, 0.717) is 6.26 Å². The summed E-state index contributed by atoms with van der Waals surface area (Å²) in [6, 6.07) is 0. The van der Waals surface area contributed by atoms with Crippen molar-refractivity contribution < 1.29 is 31.1 Å². The molecule has 0 aromatic carbocycles. The third-order valence-corrected chi connectivity index (χ3v) is 1.36. The molecule has 2 atom stereocenters. The van der Waals surface area contributed by atoms with Crippen LogP contribution < -0.4 is 0 Å². The van der Waals surface area contributed by atoms with Gasteiger partial charge in [-0.1, -0.05) is 6.58 Å². The lowest BCUT2D eigenvalue weighted by atomic mass is 10.1. The summed E-state index contributed by atoms with van der Waals surface area (Å²) in [5.74, 6) is 0. The average Bonchev–Trinajstić information content (AvgIpc) is 2.11. The van der Waals surface area contributed by atoms with Gasteiger partial charge < -0.3 is 4.74 Å². The van der Waals surface area contributed by atoms with Crippen LogP contribution in [0.15, 0.2) is 12.8 Å². The van der Waals surface area contributed by atoms with Crippen molar-refractivity contribution in [3.63, 3.8) is 0 Å². The quantitative estimate of drug-likeness (QED) is 0.496. The number of hydrogen-bond donors (Lipinski definition) is 0. The maximum atomic E-state index is 12.5. The molecule has 1 nitrogen and oxygen atoms in total. The fourth-order valence-corrected chi connectivity index (χ4v) is 0.724. The Morgan fingerprint density at radius 2 is 1.21 bits per heavy atom. The van der Waals surface area contributed by atoms with E-state index in [1.165, 1.54) is 0 Å². The van der Waals surface area contributed by atoms with E-state index < -0.39 is 31.3 Å². The van der Waals surface area contributed by atoms with Crippen LogP contribution in [0.5, 0.6) is 0 Å². The summed E-state index contributed by atoms with van der Waals surface area (Å²) in [7, 11) is 0. The lowest BCUT2D eigenvalue weighted by molar-refractivity contribution is -0.101. The van der Waals surface area contributed by atoms with E-state index in [1.807, 2.05) is 0 Å². The molecule has 0 heterocycles. The van der Waals surface area contributed by atoms with Crippen LogP contribution >= 0.6 is 0 Å². The Morgan fingerprint density at radius 3 is 1.43 bits per heavy atom. The van der Waals surface area contributed by atoms with Crippen LogP contribution in [-0.2, 0) is 4.74 Å². The van der Waals surface area contributed by atoms with Gasteiger partial charge in [-0.15, -0.1) is 0 Å². The Labute approximate surface area is 76.3 Å². The first-order chi connectivity index (χ1) is 6.41. The fourth-order valence-electron chi connectivity index (χ4n) is 0.724. The molecule has 0 saturated heterocycles. The zero-order chi connectivity index (χ0) is 11.3. The van der Waals surface area contributed by atoms with Crippen molar-refractivity contribution in [1.82, 2.24) is 0 Å². The summed E-state index contributed by atoms with van der Waals surface area (Å²) in [6.45, 7) is 2.84. The predicted molar refractivity (Wildman–Crippen MR) is 36.9 cm³/mol. The predicted octanol–water partition coefficient (Wildman–Crippen LogP) is 2.72. The highest BCUT2D eigenvalue weighted by atomic mass is 19.3. The third-order valence-electron chi connectivity index (χ3n) is 1.36. The zero-order valence-corrected chi connectivity index (χ0v) is 6.85. The number of hydrogen-bond acceptors (Lipinski definition) is 1. The third kappa shape index (κ3) is 3.47. The first-order valence-corrected chi connectivity index (χ1v) is 3.52. The second kappa shape index (κ2) is 5.77. The Balaban J connectivity index is 4.48. The zero-order valence-electron chi connectivity index (χ0n) is 6.85. The van der Waals surface area contributed by atoms with Crippen LogP contribution in [0, 0.1) is 0 Å². The molecule has 0 aromatic rings. The summed E-state index contributed by atoms with van der Waals surface area (Å²) in [4.78, 5) is 0. The fraction of sp³-hybridized carbons (Fsp3) is 0.714. The number of alkyl halides is 6. The van der Waals surface area contributed by atoms with Crippen LogP contribution in [0.4, 0.5) is 26.3 Å². The van der Waals surface area contributed by atoms with Gasteiger partial charge in [-0.25, -0.2) is 26.3 Å². The molecule has 7 heteroatoms. The molecule has 0 aliphatic rings. The smallest absolute Gasteiger partial charge is 0.273 e. The molecular formula is C7H8F6O. The minimum absolute atomic E-state index is 0.439. The van der Waals surface area contributed by atoms with Gasteiger partial charge in [0.25, 0.3) is 12.9 Å². The van der Waals surface area contributed by atoms with Gasteiger partial charge in [-0.3, -0.25) is 0 Å². The second-order valence-electron chi connectivity index (χ2n) is 2.33. The molecule has 0 fully saturated rings. The van der Waals surface area contributed by atoms with Gasteiger partial charge in [0, 0.05) is 0 Å². The second-order valence-corrected chi connectivity index (χ2v) is 2.33. The lowest BCUT2D eigenvalue weighted by Gasteiger charge is -2.22. The molecule has 14 heavy (non-hydrogen) atoms. The van der Waals surface area contributed by atoms with Gasteiger partial charge in [0.2, 0.25) is 0 Å². The van der Waals surface area contributed by atoms with E-state index in [-0.39, 0.29) is 0 Å². The van der Waals surface area contributed by atoms with E-state index >= 15 is 0 Å². The Morgan fingerprint density at radius 1 is 0.857 bits per heavy atom. The molecule has 0 radical (unpaired) electrons. The standard InChI is InChI=1S/C7H8F6O/c1-2-14-5(3(8)6(10)11)4(9)7(12)13/h2-7H,1H2. The summed E-state index contributed by atoms with van der Waals surface area (Å²) < 4.78 is 75.8. The SMILES string of the molecule is C=COC(C(F)C(F)F)C(F)C(F)F. The highest BCUT2D eigenvalue weighted by Crippen LogP contribution is 2.22. The molecule has 0 aliphatic heterocycles. The summed E-state index contributed by atoms with van der Waals surface area (Å²) in [5.41, 5.74) is 0. The topological polar surface area (TPSA) is 9.23 Å². The minimum atomic E-state index is -3.59. The van der Waals surface area contributed by atoms with E-state index in [0.717, 1.165) is 0 Å². The van der Waals surface area contributed by atoms with Crippen molar-refractivity contribution in [3.05, 3.63) is 12.8 Å². The molecule has 0 spiro atoms. The van der Waals surface area contributed by atoms with Crippen LogP contribution in [0.3, 0.4) is 0 Å². The highest BCUT2D eigenvalue weighted by molar-refractivity contribution is 4.82. The molecule has 0 saturated carbocycles. The molecule has 2 unspecified atom stereocenters. The van der Waals surface area contributed by atoms with Crippen molar-refractivity contribution >= 4 is 0 Å². The van der Waals surface area contributed by atoms with Crippen molar-refractivity contribution in [2.24, 2.45) is 0 Å². The lowest BCUT2D eigenvalue weighted by Crippen LogP contribution is -2.41. The molecule has 0 aromatic heterocycles. The van der Waals surface area contributed by atoms with Gasteiger partial charge in [0.1, 0.15) is 0 Å². The molecular weight excluding hydrogens is 214 g/mol. The average molecular weight is 222 g/mol. The van der Waals surface area contributed by atoms with Crippen molar-refractivity contribution in [1.29, 1.82) is 0 Å². The summed E-state index contributed by atoms with van der Waals surface area (Å²) in [5, 5.41) is 0. The molecule has 0 amide bonds. The van der Waals surface area contributed by atoms with Gasteiger partial charge in [-0.05, 0) is 0 Å². The normalized spacial score (nSPS) is 18.0. The van der Waals surface area contributed by atoms with Gasteiger partial charge in [0.15, 0.2) is 18.4 Å². The minimum Gasteiger partial charge on any atom is -0.492 e. The monoisotopic (exact) mass is 222 g/mol.